The molecule has 2 aliphatic heterocycles. The van der Waals surface area contributed by atoms with Crippen molar-refractivity contribution in [3.8, 4) is 0 Å². The Bertz CT molecular complexity index is 1250. The van der Waals surface area contributed by atoms with Gasteiger partial charge in [-0.1, -0.05) is 24.6 Å². The lowest BCUT2D eigenvalue weighted by atomic mass is 10.0. The molecule has 0 atom stereocenters. The van der Waals surface area contributed by atoms with Crippen LogP contribution in [0.5, 0.6) is 0 Å². The Morgan fingerprint density at radius 3 is 2.44 bits per heavy atom. The first-order chi connectivity index (χ1) is 17.6. The van der Waals surface area contributed by atoms with Crippen LogP contribution in [0.2, 0.25) is 0 Å². The Labute approximate surface area is 212 Å². The van der Waals surface area contributed by atoms with Crippen LogP contribution in [0.4, 0.5) is 22.7 Å². The highest BCUT2D eigenvalue weighted by Gasteiger charge is 2.26. The smallest absolute Gasteiger partial charge is 0.255 e. The number of hydrogen-bond acceptors (Lipinski definition) is 5. The predicted molar refractivity (Wildman–Crippen MR) is 145 cm³/mol. The Morgan fingerprint density at radius 1 is 0.917 bits per heavy atom. The molecule has 0 unspecified atom stereocenters. The molecule has 186 valence electrons. The third-order valence-electron chi connectivity index (χ3n) is 6.98. The van der Waals surface area contributed by atoms with Crippen molar-refractivity contribution in [2.45, 2.75) is 32.7 Å². The second kappa shape index (κ2) is 10.8. The number of carbonyl (C=O) groups is 2. The third kappa shape index (κ3) is 5.36. The predicted octanol–water partition coefficient (Wildman–Crippen LogP) is 5.13. The zero-order chi connectivity index (χ0) is 24.9. The second-order valence-electron chi connectivity index (χ2n) is 9.50. The van der Waals surface area contributed by atoms with E-state index in [0.717, 1.165) is 41.3 Å². The molecule has 3 aromatic rings. The highest BCUT2D eigenvalue weighted by Crippen LogP contribution is 2.33. The maximum atomic E-state index is 13.0. The maximum Gasteiger partial charge on any atom is 0.255 e. The summed E-state index contributed by atoms with van der Waals surface area (Å²) in [5, 5.41) is 12.7. The quantitative estimate of drug-likeness (QED) is 0.357. The minimum atomic E-state index is -0.239. The molecule has 1 fully saturated rings. The number of piperidine rings is 1. The van der Waals surface area contributed by atoms with Gasteiger partial charge in [0, 0.05) is 47.8 Å². The van der Waals surface area contributed by atoms with Crippen LogP contribution in [-0.4, -0.2) is 42.9 Å². The largest absolute Gasteiger partial charge is 0.384 e. The summed E-state index contributed by atoms with van der Waals surface area (Å²) in [5.41, 5.74) is 6.39. The molecule has 0 saturated carbocycles. The molecule has 0 radical (unpaired) electrons. The summed E-state index contributed by atoms with van der Waals surface area (Å²) < 4.78 is 0. The molecule has 36 heavy (non-hydrogen) atoms. The molecule has 7 heteroatoms. The van der Waals surface area contributed by atoms with E-state index in [1.165, 1.54) is 32.4 Å². The molecule has 0 aliphatic carbocycles. The Hall–Kier alpha value is -3.84. The zero-order valence-electron chi connectivity index (χ0n) is 20.7. The molecule has 1 saturated heterocycles. The van der Waals surface area contributed by atoms with Gasteiger partial charge in [-0.25, -0.2) is 0 Å². The summed E-state index contributed by atoms with van der Waals surface area (Å²) in [5.74, 6) is -0.418. The fourth-order valence-corrected chi connectivity index (χ4v) is 4.90. The number of benzene rings is 3. The molecule has 5 rings (SSSR count). The highest BCUT2D eigenvalue weighted by atomic mass is 16.2. The normalized spacial score (nSPS) is 15.2. The SMILES string of the molecule is Cc1ccccc1Nc1ccc(NC(=O)c2ccc(NCCN3CCCCC3)cc2)c2c1CNC2=O. The van der Waals surface area contributed by atoms with Gasteiger partial charge in [0.15, 0.2) is 0 Å². The summed E-state index contributed by atoms with van der Waals surface area (Å²) in [7, 11) is 0. The van der Waals surface area contributed by atoms with Gasteiger partial charge in [-0.3, -0.25) is 9.59 Å². The van der Waals surface area contributed by atoms with Gasteiger partial charge in [-0.05, 0) is 80.9 Å². The first-order valence-electron chi connectivity index (χ1n) is 12.7. The van der Waals surface area contributed by atoms with Crippen molar-refractivity contribution in [3.63, 3.8) is 0 Å². The fourth-order valence-electron chi connectivity index (χ4n) is 4.90. The molecule has 2 heterocycles. The van der Waals surface area contributed by atoms with Gasteiger partial charge in [0.25, 0.3) is 11.8 Å². The minimum Gasteiger partial charge on any atom is -0.384 e. The van der Waals surface area contributed by atoms with E-state index in [1.54, 1.807) is 6.07 Å². The standard InChI is InChI=1S/C29H33N5O2/c1-20-7-3-4-8-24(20)32-25-13-14-26(27-23(25)19-31-29(27)36)33-28(35)21-9-11-22(12-10-21)30-15-18-34-16-5-2-6-17-34/h3-4,7-14,30,32H,2,5-6,15-19H2,1H3,(H,31,36)(H,33,35). The topological polar surface area (TPSA) is 85.5 Å². The molecule has 7 nitrogen and oxygen atoms in total. The minimum absolute atomic E-state index is 0.179. The number of anilines is 4. The number of likely N-dealkylation sites (tertiary alicyclic amines) is 1. The number of rotatable bonds is 8. The Balaban J connectivity index is 1.24. The summed E-state index contributed by atoms with van der Waals surface area (Å²) in [6.45, 7) is 6.75. The lowest BCUT2D eigenvalue weighted by Gasteiger charge is -2.26. The number of nitrogens with one attached hydrogen (secondary N) is 4. The molecule has 4 N–H and O–H groups in total. The van der Waals surface area contributed by atoms with Crippen LogP contribution < -0.4 is 21.3 Å². The van der Waals surface area contributed by atoms with E-state index in [2.05, 4.69) is 26.2 Å². The molecule has 0 aromatic heterocycles. The number of carbonyl (C=O) groups excluding carboxylic acids is 2. The average Bonchev–Trinajstić information content (AvgIpc) is 3.30. The van der Waals surface area contributed by atoms with Gasteiger partial charge in [0.2, 0.25) is 0 Å². The van der Waals surface area contributed by atoms with Crippen LogP contribution in [-0.2, 0) is 6.54 Å². The molecular formula is C29H33N5O2. The van der Waals surface area contributed by atoms with Gasteiger partial charge in [-0.15, -0.1) is 0 Å². The monoisotopic (exact) mass is 483 g/mol. The number of aryl methyl sites for hydroxylation is 1. The van der Waals surface area contributed by atoms with Gasteiger partial charge in [0.05, 0.1) is 11.3 Å². The molecule has 3 aromatic carbocycles. The van der Waals surface area contributed by atoms with Crippen molar-refractivity contribution in [2.24, 2.45) is 0 Å². The highest BCUT2D eigenvalue weighted by molar-refractivity contribution is 6.11. The first kappa shape index (κ1) is 23.9. The van der Waals surface area contributed by atoms with Crippen LogP contribution in [0.15, 0.2) is 60.7 Å². The Morgan fingerprint density at radius 2 is 1.67 bits per heavy atom. The van der Waals surface area contributed by atoms with E-state index in [1.807, 2.05) is 61.5 Å². The van der Waals surface area contributed by atoms with Gasteiger partial charge < -0.3 is 26.2 Å². The van der Waals surface area contributed by atoms with Gasteiger partial charge in [-0.2, -0.15) is 0 Å². The number of para-hydroxylation sites is 1. The van der Waals surface area contributed by atoms with Gasteiger partial charge >= 0.3 is 0 Å². The van der Waals surface area contributed by atoms with E-state index in [0.29, 0.717) is 23.4 Å². The summed E-state index contributed by atoms with van der Waals surface area (Å²) >= 11 is 0. The van der Waals surface area contributed by atoms with E-state index in [-0.39, 0.29) is 11.8 Å². The number of amides is 2. The van der Waals surface area contributed by atoms with E-state index >= 15 is 0 Å². The van der Waals surface area contributed by atoms with Crippen molar-refractivity contribution in [2.75, 3.05) is 42.1 Å². The second-order valence-corrected chi connectivity index (χ2v) is 9.50. The van der Waals surface area contributed by atoms with E-state index in [9.17, 15) is 9.59 Å². The lowest BCUT2D eigenvalue weighted by Crippen LogP contribution is -2.33. The molecular weight excluding hydrogens is 450 g/mol. The van der Waals surface area contributed by atoms with Crippen molar-refractivity contribution in [1.82, 2.24) is 10.2 Å². The van der Waals surface area contributed by atoms with Crippen molar-refractivity contribution in [3.05, 3.63) is 82.9 Å². The number of nitrogens with zero attached hydrogens (tertiary/aromatic N) is 1. The fraction of sp³-hybridized carbons (Fsp3) is 0.310. The maximum absolute atomic E-state index is 13.0. The summed E-state index contributed by atoms with van der Waals surface area (Å²) in [4.78, 5) is 28.1. The lowest BCUT2D eigenvalue weighted by molar-refractivity contribution is 0.0966. The van der Waals surface area contributed by atoms with Crippen molar-refractivity contribution < 1.29 is 9.59 Å². The Kier molecular flexibility index (Phi) is 7.18. The van der Waals surface area contributed by atoms with Crippen molar-refractivity contribution >= 4 is 34.6 Å². The van der Waals surface area contributed by atoms with Crippen LogP contribution >= 0.6 is 0 Å². The number of fused-ring (bicyclic) bond motifs is 1. The van der Waals surface area contributed by atoms with E-state index < -0.39 is 0 Å². The van der Waals surface area contributed by atoms with Crippen LogP contribution in [0.1, 0.15) is 51.1 Å². The summed E-state index contributed by atoms with van der Waals surface area (Å²) in [6, 6.07) is 19.2. The zero-order valence-corrected chi connectivity index (χ0v) is 20.7. The molecule has 0 spiro atoms. The first-order valence-corrected chi connectivity index (χ1v) is 12.7. The molecule has 0 bridgehead atoms. The van der Waals surface area contributed by atoms with Crippen LogP contribution in [0.25, 0.3) is 0 Å². The van der Waals surface area contributed by atoms with Gasteiger partial charge in [0.1, 0.15) is 0 Å². The van der Waals surface area contributed by atoms with Crippen molar-refractivity contribution in [1.29, 1.82) is 0 Å². The molecule has 2 amide bonds. The van der Waals surface area contributed by atoms with Crippen LogP contribution in [0, 0.1) is 6.92 Å². The summed E-state index contributed by atoms with van der Waals surface area (Å²) in [6.07, 6.45) is 3.93. The average molecular weight is 484 g/mol. The van der Waals surface area contributed by atoms with E-state index in [4.69, 9.17) is 0 Å². The third-order valence-corrected chi connectivity index (χ3v) is 6.98. The van der Waals surface area contributed by atoms with Crippen LogP contribution in [0.3, 0.4) is 0 Å². The number of hydrogen-bond donors (Lipinski definition) is 4. The molecule has 2 aliphatic rings.